The van der Waals surface area contributed by atoms with E-state index < -0.39 is 0 Å². The largest absolute Gasteiger partial charge is 0.391 e. The molecule has 0 aliphatic carbocycles. The van der Waals surface area contributed by atoms with Crippen LogP contribution in [0.2, 0.25) is 0 Å². The van der Waals surface area contributed by atoms with Gasteiger partial charge in [0.05, 0.1) is 17.2 Å². The number of thiazole rings is 1. The Labute approximate surface area is 124 Å². The minimum atomic E-state index is 0.0931. The SMILES string of the molecule is CCCc1nc(N(CC)Cc2ccccc2)sc1CO. The van der Waals surface area contributed by atoms with Crippen LogP contribution in [0.3, 0.4) is 0 Å². The van der Waals surface area contributed by atoms with Crippen LogP contribution in [0.1, 0.15) is 36.4 Å². The third kappa shape index (κ3) is 3.58. The summed E-state index contributed by atoms with van der Waals surface area (Å²) in [5.74, 6) is 0. The van der Waals surface area contributed by atoms with Gasteiger partial charge in [-0.2, -0.15) is 0 Å². The van der Waals surface area contributed by atoms with Crippen LogP contribution in [0, 0.1) is 0 Å². The zero-order valence-corrected chi connectivity index (χ0v) is 13.0. The third-order valence-electron chi connectivity index (χ3n) is 3.27. The highest BCUT2D eigenvalue weighted by Gasteiger charge is 2.14. The number of benzene rings is 1. The number of rotatable bonds is 7. The number of hydrogen-bond donors (Lipinski definition) is 1. The quantitative estimate of drug-likeness (QED) is 0.846. The van der Waals surface area contributed by atoms with Crippen molar-refractivity contribution in [1.29, 1.82) is 0 Å². The van der Waals surface area contributed by atoms with Crippen molar-refractivity contribution in [3.63, 3.8) is 0 Å². The van der Waals surface area contributed by atoms with E-state index in [1.807, 2.05) is 6.07 Å². The molecule has 0 radical (unpaired) electrons. The van der Waals surface area contributed by atoms with Gasteiger partial charge in [0.2, 0.25) is 0 Å². The summed E-state index contributed by atoms with van der Waals surface area (Å²) in [6.45, 7) is 6.15. The second kappa shape index (κ2) is 7.41. The molecule has 0 bridgehead atoms. The molecule has 1 aromatic heterocycles. The van der Waals surface area contributed by atoms with Crippen molar-refractivity contribution in [2.75, 3.05) is 11.4 Å². The Morgan fingerprint density at radius 2 is 1.95 bits per heavy atom. The van der Waals surface area contributed by atoms with Crippen LogP contribution < -0.4 is 4.90 Å². The molecule has 2 aromatic rings. The van der Waals surface area contributed by atoms with Crippen molar-refractivity contribution in [2.45, 2.75) is 39.8 Å². The fraction of sp³-hybridized carbons (Fsp3) is 0.438. The number of hydrogen-bond acceptors (Lipinski definition) is 4. The van der Waals surface area contributed by atoms with Crippen LogP contribution in [0.15, 0.2) is 30.3 Å². The highest BCUT2D eigenvalue weighted by Crippen LogP contribution is 2.28. The molecule has 0 fully saturated rings. The van der Waals surface area contributed by atoms with Crippen molar-refractivity contribution in [3.05, 3.63) is 46.5 Å². The monoisotopic (exact) mass is 290 g/mol. The molecule has 4 heteroatoms. The van der Waals surface area contributed by atoms with Gasteiger partial charge in [-0.15, -0.1) is 0 Å². The summed E-state index contributed by atoms with van der Waals surface area (Å²) in [5, 5.41) is 10.5. The van der Waals surface area contributed by atoms with Crippen molar-refractivity contribution < 1.29 is 5.11 Å². The van der Waals surface area contributed by atoms with E-state index in [1.54, 1.807) is 11.3 Å². The highest BCUT2D eigenvalue weighted by atomic mass is 32.1. The second-order valence-electron chi connectivity index (χ2n) is 4.77. The van der Waals surface area contributed by atoms with Crippen LogP contribution in [0.4, 0.5) is 5.13 Å². The first-order valence-corrected chi connectivity index (χ1v) is 7.98. The average Bonchev–Trinajstić information content (AvgIpc) is 2.89. The van der Waals surface area contributed by atoms with Crippen molar-refractivity contribution in [3.8, 4) is 0 Å². The molecule has 108 valence electrons. The lowest BCUT2D eigenvalue weighted by molar-refractivity contribution is 0.284. The normalized spacial score (nSPS) is 10.8. The lowest BCUT2D eigenvalue weighted by Gasteiger charge is -2.19. The Balaban J connectivity index is 2.18. The molecule has 0 atom stereocenters. The molecule has 1 heterocycles. The first-order valence-electron chi connectivity index (χ1n) is 7.16. The Bertz CT molecular complexity index is 525. The standard InChI is InChI=1S/C16H22N2OS/c1-3-8-14-15(12-19)20-16(17-14)18(4-2)11-13-9-6-5-7-10-13/h5-7,9-10,19H,3-4,8,11-12H2,1-2H3. The van der Waals surface area contributed by atoms with Crippen molar-refractivity contribution in [2.24, 2.45) is 0 Å². The van der Waals surface area contributed by atoms with Crippen LogP contribution in [0.25, 0.3) is 0 Å². The predicted molar refractivity (Wildman–Crippen MR) is 85.2 cm³/mol. The van der Waals surface area contributed by atoms with E-state index in [0.717, 1.165) is 41.6 Å². The van der Waals surface area contributed by atoms with Crippen LogP contribution in [-0.2, 0) is 19.6 Å². The molecule has 0 saturated carbocycles. The fourth-order valence-corrected chi connectivity index (χ4v) is 3.21. The average molecular weight is 290 g/mol. The van der Waals surface area contributed by atoms with E-state index in [1.165, 1.54) is 5.56 Å². The minimum absolute atomic E-state index is 0.0931. The van der Waals surface area contributed by atoms with Gasteiger partial charge in [0.1, 0.15) is 0 Å². The summed E-state index contributed by atoms with van der Waals surface area (Å²) in [6, 6.07) is 10.4. The highest BCUT2D eigenvalue weighted by molar-refractivity contribution is 7.15. The molecule has 0 unspecified atom stereocenters. The first kappa shape index (κ1) is 15.0. The Morgan fingerprint density at radius 1 is 1.20 bits per heavy atom. The van der Waals surface area contributed by atoms with E-state index in [-0.39, 0.29) is 6.61 Å². The van der Waals surface area contributed by atoms with E-state index in [0.29, 0.717) is 0 Å². The summed E-state index contributed by atoms with van der Waals surface area (Å²) in [7, 11) is 0. The number of nitrogens with zero attached hydrogens (tertiary/aromatic N) is 2. The van der Waals surface area contributed by atoms with Gasteiger partial charge in [-0.3, -0.25) is 0 Å². The van der Waals surface area contributed by atoms with Gasteiger partial charge >= 0.3 is 0 Å². The maximum absolute atomic E-state index is 9.45. The van der Waals surface area contributed by atoms with Crippen molar-refractivity contribution in [1.82, 2.24) is 4.98 Å². The van der Waals surface area contributed by atoms with Gasteiger partial charge in [-0.25, -0.2) is 4.98 Å². The van der Waals surface area contributed by atoms with E-state index in [2.05, 4.69) is 43.0 Å². The lowest BCUT2D eigenvalue weighted by atomic mass is 10.2. The molecule has 0 saturated heterocycles. The van der Waals surface area contributed by atoms with Gasteiger partial charge < -0.3 is 10.0 Å². The van der Waals surface area contributed by atoms with Gasteiger partial charge in [0.15, 0.2) is 5.13 Å². The molecule has 1 N–H and O–H groups in total. The van der Waals surface area contributed by atoms with Crippen LogP contribution in [0.5, 0.6) is 0 Å². The van der Waals surface area contributed by atoms with E-state index >= 15 is 0 Å². The molecule has 0 aliphatic rings. The Morgan fingerprint density at radius 3 is 2.55 bits per heavy atom. The fourth-order valence-electron chi connectivity index (χ4n) is 2.18. The molecular formula is C16H22N2OS. The lowest BCUT2D eigenvalue weighted by Crippen LogP contribution is -2.21. The molecule has 0 aliphatic heterocycles. The number of anilines is 1. The topological polar surface area (TPSA) is 36.4 Å². The summed E-state index contributed by atoms with van der Waals surface area (Å²) < 4.78 is 0. The van der Waals surface area contributed by atoms with Crippen LogP contribution >= 0.6 is 11.3 Å². The molecule has 0 amide bonds. The van der Waals surface area contributed by atoms with Crippen molar-refractivity contribution >= 4 is 16.5 Å². The predicted octanol–water partition coefficient (Wildman–Crippen LogP) is 3.61. The molecule has 3 nitrogen and oxygen atoms in total. The van der Waals surface area contributed by atoms with Gasteiger partial charge in [0, 0.05) is 13.1 Å². The Kier molecular flexibility index (Phi) is 5.56. The summed E-state index contributed by atoms with van der Waals surface area (Å²) in [5.41, 5.74) is 2.34. The molecule has 20 heavy (non-hydrogen) atoms. The number of aliphatic hydroxyl groups excluding tert-OH is 1. The molecule has 2 rings (SSSR count). The zero-order valence-electron chi connectivity index (χ0n) is 12.2. The van der Waals surface area contributed by atoms with Gasteiger partial charge in [0.25, 0.3) is 0 Å². The van der Waals surface area contributed by atoms with E-state index in [9.17, 15) is 5.11 Å². The first-order chi connectivity index (χ1) is 9.78. The maximum atomic E-state index is 9.45. The maximum Gasteiger partial charge on any atom is 0.186 e. The summed E-state index contributed by atoms with van der Waals surface area (Å²) in [6.07, 6.45) is 2.00. The van der Waals surface area contributed by atoms with E-state index in [4.69, 9.17) is 4.98 Å². The molecule has 1 aromatic carbocycles. The van der Waals surface area contributed by atoms with Gasteiger partial charge in [-0.1, -0.05) is 55.0 Å². The number of aromatic nitrogens is 1. The summed E-state index contributed by atoms with van der Waals surface area (Å²) in [4.78, 5) is 7.99. The van der Waals surface area contributed by atoms with Gasteiger partial charge in [-0.05, 0) is 18.9 Å². The third-order valence-corrected chi connectivity index (χ3v) is 4.41. The van der Waals surface area contributed by atoms with Crippen LogP contribution in [-0.4, -0.2) is 16.6 Å². The number of aryl methyl sites for hydroxylation is 1. The number of aliphatic hydroxyl groups is 1. The zero-order chi connectivity index (χ0) is 14.4. The molecular weight excluding hydrogens is 268 g/mol. The minimum Gasteiger partial charge on any atom is -0.391 e. The molecule has 0 spiro atoms. The smallest absolute Gasteiger partial charge is 0.186 e. The Hall–Kier alpha value is -1.39. The second-order valence-corrected chi connectivity index (χ2v) is 5.84. The summed E-state index contributed by atoms with van der Waals surface area (Å²) >= 11 is 1.62.